The van der Waals surface area contributed by atoms with Gasteiger partial charge in [-0.1, -0.05) is 0 Å². The van der Waals surface area contributed by atoms with Gasteiger partial charge in [0, 0.05) is 28.9 Å². The van der Waals surface area contributed by atoms with E-state index in [0.29, 0.717) is 12.1 Å². The number of hydrogen-bond donors (Lipinski definition) is 2. The smallest absolute Gasteiger partial charge is 0.257 e. The Morgan fingerprint density at radius 2 is 2.00 bits per heavy atom. The Balaban J connectivity index is 3.18. The summed E-state index contributed by atoms with van der Waals surface area (Å²) in [6.45, 7) is 1.50. The number of rotatable bonds is 5. The summed E-state index contributed by atoms with van der Waals surface area (Å²) < 4.78 is 60.9. The highest BCUT2D eigenvalue weighted by atomic mass is 32.2. The SMILES string of the molecule is CC(CS(C)=O)NC(=O)c1c(F)ccc(S(N)(=O)=O)c1F. The van der Waals surface area contributed by atoms with Gasteiger partial charge in [-0.3, -0.25) is 9.00 Å². The minimum atomic E-state index is -4.42. The quantitative estimate of drug-likeness (QED) is 0.793. The molecule has 0 aliphatic carbocycles. The molecule has 1 aromatic carbocycles. The van der Waals surface area contributed by atoms with Crippen molar-refractivity contribution in [2.24, 2.45) is 5.14 Å². The molecule has 0 aliphatic heterocycles. The molecule has 1 aromatic rings. The van der Waals surface area contributed by atoms with Crippen molar-refractivity contribution in [2.45, 2.75) is 17.9 Å². The minimum absolute atomic E-state index is 0.0872. The van der Waals surface area contributed by atoms with E-state index in [1.807, 2.05) is 0 Å². The highest BCUT2D eigenvalue weighted by molar-refractivity contribution is 7.89. The molecule has 0 fully saturated rings. The van der Waals surface area contributed by atoms with Crippen molar-refractivity contribution < 1.29 is 26.2 Å². The van der Waals surface area contributed by atoms with E-state index in [2.05, 4.69) is 5.32 Å². The molecule has 1 amide bonds. The van der Waals surface area contributed by atoms with Gasteiger partial charge in [0.05, 0.1) is 0 Å². The van der Waals surface area contributed by atoms with E-state index in [4.69, 9.17) is 5.14 Å². The molecule has 6 nitrogen and oxygen atoms in total. The second-order valence-corrected chi connectivity index (χ2v) is 7.40. The van der Waals surface area contributed by atoms with E-state index in [1.165, 1.54) is 13.2 Å². The molecule has 0 bridgehead atoms. The van der Waals surface area contributed by atoms with Crippen LogP contribution < -0.4 is 10.5 Å². The number of halogens is 2. The lowest BCUT2D eigenvalue weighted by Crippen LogP contribution is -2.37. The third kappa shape index (κ3) is 4.55. The number of carbonyl (C=O) groups excluding carboxylic acids is 1. The van der Waals surface area contributed by atoms with E-state index in [-0.39, 0.29) is 5.75 Å². The second kappa shape index (κ2) is 6.58. The Morgan fingerprint density at radius 1 is 1.43 bits per heavy atom. The van der Waals surface area contributed by atoms with Gasteiger partial charge in [0.15, 0.2) is 5.82 Å². The number of nitrogens with two attached hydrogens (primary N) is 1. The lowest BCUT2D eigenvalue weighted by molar-refractivity contribution is 0.0934. The number of benzene rings is 1. The van der Waals surface area contributed by atoms with Crippen molar-refractivity contribution >= 4 is 26.7 Å². The van der Waals surface area contributed by atoms with Crippen LogP contribution in [-0.2, 0) is 20.8 Å². The third-order valence-corrected chi connectivity index (χ3v) is 4.35. The van der Waals surface area contributed by atoms with Gasteiger partial charge in [-0.15, -0.1) is 0 Å². The van der Waals surface area contributed by atoms with E-state index >= 15 is 0 Å². The number of primary sulfonamides is 1. The molecule has 118 valence electrons. The van der Waals surface area contributed by atoms with Crippen LogP contribution in [0.2, 0.25) is 0 Å². The van der Waals surface area contributed by atoms with E-state index in [0.717, 1.165) is 0 Å². The molecule has 0 heterocycles. The van der Waals surface area contributed by atoms with Crippen LogP contribution in [0.4, 0.5) is 8.78 Å². The number of carbonyl (C=O) groups is 1. The lowest BCUT2D eigenvalue weighted by Gasteiger charge is -2.14. The highest BCUT2D eigenvalue weighted by Crippen LogP contribution is 2.20. The topological polar surface area (TPSA) is 106 Å². The Kier molecular flexibility index (Phi) is 5.54. The number of amides is 1. The van der Waals surface area contributed by atoms with Crippen LogP contribution in [0.3, 0.4) is 0 Å². The molecular weight excluding hydrogens is 326 g/mol. The highest BCUT2D eigenvalue weighted by Gasteiger charge is 2.25. The molecular formula is C11H14F2N2O4S2. The fraction of sp³-hybridized carbons (Fsp3) is 0.364. The van der Waals surface area contributed by atoms with Crippen molar-refractivity contribution in [2.75, 3.05) is 12.0 Å². The van der Waals surface area contributed by atoms with Gasteiger partial charge in [-0.2, -0.15) is 0 Å². The third-order valence-electron chi connectivity index (χ3n) is 2.45. The first kappa shape index (κ1) is 17.7. The summed E-state index contributed by atoms with van der Waals surface area (Å²) in [7, 11) is -5.64. The van der Waals surface area contributed by atoms with Crippen molar-refractivity contribution in [1.29, 1.82) is 0 Å². The summed E-state index contributed by atoms with van der Waals surface area (Å²) in [5.41, 5.74) is -1.05. The Morgan fingerprint density at radius 3 is 2.48 bits per heavy atom. The molecule has 0 saturated heterocycles. The van der Waals surface area contributed by atoms with Crippen LogP contribution in [-0.4, -0.2) is 36.6 Å². The van der Waals surface area contributed by atoms with E-state index < -0.39 is 54.9 Å². The lowest BCUT2D eigenvalue weighted by atomic mass is 10.1. The van der Waals surface area contributed by atoms with Gasteiger partial charge in [-0.25, -0.2) is 22.3 Å². The molecule has 2 unspecified atom stereocenters. The van der Waals surface area contributed by atoms with Crippen LogP contribution in [0.5, 0.6) is 0 Å². The van der Waals surface area contributed by atoms with Crippen LogP contribution >= 0.6 is 0 Å². The van der Waals surface area contributed by atoms with Crippen LogP contribution in [0.15, 0.2) is 17.0 Å². The Bertz CT molecular complexity index is 692. The summed E-state index contributed by atoms with van der Waals surface area (Å²) in [5.74, 6) is -3.83. The van der Waals surface area contributed by atoms with Crippen LogP contribution in [0.25, 0.3) is 0 Å². The summed E-state index contributed by atoms with van der Waals surface area (Å²) >= 11 is 0. The van der Waals surface area contributed by atoms with Gasteiger partial charge >= 0.3 is 0 Å². The van der Waals surface area contributed by atoms with Crippen molar-refractivity contribution in [3.8, 4) is 0 Å². The van der Waals surface area contributed by atoms with Gasteiger partial charge in [0.2, 0.25) is 10.0 Å². The van der Waals surface area contributed by atoms with Crippen molar-refractivity contribution in [3.05, 3.63) is 29.3 Å². The summed E-state index contributed by atoms with van der Waals surface area (Å²) in [5, 5.41) is 7.02. The monoisotopic (exact) mass is 340 g/mol. The number of nitrogens with one attached hydrogen (secondary N) is 1. The molecule has 2 atom stereocenters. The zero-order chi connectivity index (χ0) is 16.4. The van der Waals surface area contributed by atoms with Gasteiger partial charge in [-0.05, 0) is 19.1 Å². The molecule has 0 spiro atoms. The first-order valence-corrected chi connectivity index (χ1v) is 8.93. The van der Waals surface area contributed by atoms with E-state index in [9.17, 15) is 26.2 Å². The molecule has 0 aliphatic rings. The molecule has 0 radical (unpaired) electrons. The number of sulfonamides is 1. The van der Waals surface area contributed by atoms with Crippen molar-refractivity contribution in [1.82, 2.24) is 5.32 Å². The molecule has 0 aromatic heterocycles. The zero-order valence-corrected chi connectivity index (χ0v) is 12.9. The first-order chi connectivity index (χ1) is 9.54. The van der Waals surface area contributed by atoms with Gasteiger partial charge in [0.1, 0.15) is 16.3 Å². The predicted octanol–water partition coefficient (Wildman–Crippen LogP) is 0.109. The summed E-state index contributed by atoms with van der Waals surface area (Å²) in [4.78, 5) is 10.9. The maximum atomic E-state index is 14.0. The Labute approximate surface area is 123 Å². The fourth-order valence-corrected chi connectivity index (χ4v) is 3.05. The predicted molar refractivity (Wildman–Crippen MR) is 73.6 cm³/mol. The van der Waals surface area contributed by atoms with Crippen LogP contribution in [0, 0.1) is 11.6 Å². The largest absolute Gasteiger partial charge is 0.348 e. The summed E-state index contributed by atoms with van der Waals surface area (Å²) in [6, 6.07) is 0.669. The fourth-order valence-electron chi connectivity index (χ4n) is 1.65. The first-order valence-electron chi connectivity index (χ1n) is 5.65. The average molecular weight is 340 g/mol. The average Bonchev–Trinajstić information content (AvgIpc) is 2.25. The normalized spacial score (nSPS) is 14.5. The van der Waals surface area contributed by atoms with Crippen molar-refractivity contribution in [3.63, 3.8) is 0 Å². The minimum Gasteiger partial charge on any atom is -0.348 e. The molecule has 0 saturated carbocycles. The number of hydrogen-bond acceptors (Lipinski definition) is 4. The maximum absolute atomic E-state index is 14.0. The second-order valence-electron chi connectivity index (χ2n) is 4.39. The van der Waals surface area contributed by atoms with Crippen LogP contribution in [0.1, 0.15) is 17.3 Å². The Hall–Kier alpha value is -1.39. The van der Waals surface area contributed by atoms with E-state index in [1.54, 1.807) is 0 Å². The van der Waals surface area contributed by atoms with Gasteiger partial charge < -0.3 is 5.32 Å². The molecule has 3 N–H and O–H groups in total. The molecule has 1 rings (SSSR count). The standard InChI is InChI=1S/C11H14F2N2O4S2/c1-6(5-20(2)17)15-11(16)9-7(12)3-4-8(10(9)13)21(14,18)19/h3-4,6H,5H2,1-2H3,(H,15,16)(H2,14,18,19). The van der Waals surface area contributed by atoms with Gasteiger partial charge in [0.25, 0.3) is 5.91 Å². The zero-order valence-electron chi connectivity index (χ0n) is 11.2. The molecule has 10 heteroatoms. The molecule has 21 heavy (non-hydrogen) atoms. The maximum Gasteiger partial charge on any atom is 0.257 e. The summed E-state index contributed by atoms with van der Waals surface area (Å²) in [6.07, 6.45) is 1.41.